The van der Waals surface area contributed by atoms with Gasteiger partial charge in [0.05, 0.1) is 11.5 Å². The number of aryl methyl sites for hydroxylation is 2. The normalized spacial score (nSPS) is 11.7. The molecule has 9 nitrogen and oxygen atoms in total. The molecule has 0 fully saturated rings. The fourth-order valence-corrected chi connectivity index (χ4v) is 4.50. The third-order valence-electron chi connectivity index (χ3n) is 4.23. The minimum atomic E-state index is -4.39. The van der Waals surface area contributed by atoms with Crippen LogP contribution >= 0.6 is 0 Å². The van der Waals surface area contributed by atoms with Crippen LogP contribution in [-0.2, 0) is 15.4 Å². The Morgan fingerprint density at radius 3 is 2.41 bits per heavy atom. The molecule has 0 atom stereocenters. The van der Waals surface area contributed by atoms with E-state index in [9.17, 15) is 23.3 Å². The Bertz CT molecular complexity index is 1100. The van der Waals surface area contributed by atoms with E-state index in [0.29, 0.717) is 9.87 Å². The number of hydrogen-bond acceptors (Lipinski definition) is 7. The lowest BCUT2D eigenvalue weighted by molar-refractivity contribution is -0.386. The minimum absolute atomic E-state index is 0.00591. The predicted molar refractivity (Wildman–Crippen MR) is 105 cm³/mol. The van der Waals surface area contributed by atoms with Gasteiger partial charge in [-0.15, -0.1) is 6.42 Å². The molecule has 1 amide bonds. The summed E-state index contributed by atoms with van der Waals surface area (Å²) < 4.78 is 31.5. The van der Waals surface area contributed by atoms with Crippen molar-refractivity contribution in [1.82, 2.24) is 9.46 Å². The highest BCUT2D eigenvalue weighted by molar-refractivity contribution is 7.89. The van der Waals surface area contributed by atoms with E-state index in [1.54, 1.807) is 20.8 Å². The second-order valence-electron chi connectivity index (χ2n) is 7.41. The lowest BCUT2D eigenvalue weighted by atomic mass is 9.85. The number of amides is 1. The van der Waals surface area contributed by atoms with Gasteiger partial charge in [0.15, 0.2) is 10.7 Å². The van der Waals surface area contributed by atoms with Gasteiger partial charge < -0.3 is 4.52 Å². The molecule has 0 aliphatic carbocycles. The summed E-state index contributed by atoms with van der Waals surface area (Å²) in [7, 11) is -4.39. The van der Waals surface area contributed by atoms with Crippen molar-refractivity contribution in [3.05, 3.63) is 50.9 Å². The van der Waals surface area contributed by atoms with Crippen molar-refractivity contribution in [1.29, 1.82) is 0 Å². The molecule has 0 radical (unpaired) electrons. The second-order valence-corrected chi connectivity index (χ2v) is 9.21. The lowest BCUT2D eigenvalue weighted by Crippen LogP contribution is -2.37. The molecule has 2 aromatic rings. The van der Waals surface area contributed by atoms with Gasteiger partial charge in [-0.2, -0.15) is 0 Å². The minimum Gasteiger partial charge on any atom is -0.360 e. The van der Waals surface area contributed by atoms with E-state index >= 15 is 0 Å². The van der Waals surface area contributed by atoms with Crippen molar-refractivity contribution in [3.63, 3.8) is 0 Å². The molecule has 2 rings (SSSR count). The number of nitrogens with zero attached hydrogens (tertiary/aromatic N) is 3. The highest BCUT2D eigenvalue weighted by Gasteiger charge is 2.35. The van der Waals surface area contributed by atoms with Gasteiger partial charge in [-0.25, -0.2) is 12.7 Å². The number of nitro groups is 1. The number of nitro benzene ring substituents is 1. The van der Waals surface area contributed by atoms with E-state index in [-0.39, 0.29) is 27.6 Å². The Morgan fingerprint density at radius 1 is 1.34 bits per heavy atom. The molecule has 0 unspecified atom stereocenters. The van der Waals surface area contributed by atoms with E-state index in [1.165, 1.54) is 26.0 Å². The third-order valence-corrected chi connectivity index (χ3v) is 6.20. The zero-order valence-electron chi connectivity index (χ0n) is 16.7. The predicted octanol–water partition coefficient (Wildman–Crippen LogP) is 2.96. The van der Waals surface area contributed by atoms with Crippen molar-refractivity contribution < 1.29 is 22.7 Å². The van der Waals surface area contributed by atoms with E-state index < -0.39 is 32.8 Å². The standard InChI is InChI=1S/C19H21N3O6S/c1-7-10-21(29(26,27)17-12(2)20-28-13(17)3)18(23)14-8-9-15(19(4,5)6)16(11-14)22(24)25/h1,8-9,11H,10H2,2-6H3. The smallest absolute Gasteiger partial charge is 0.273 e. The van der Waals surface area contributed by atoms with Crippen LogP contribution in [0, 0.1) is 36.3 Å². The van der Waals surface area contributed by atoms with Crippen molar-refractivity contribution in [2.24, 2.45) is 0 Å². The average molecular weight is 419 g/mol. The van der Waals surface area contributed by atoms with Gasteiger partial charge in [0, 0.05) is 17.2 Å². The summed E-state index contributed by atoms with van der Waals surface area (Å²) in [6.07, 6.45) is 5.28. The largest absolute Gasteiger partial charge is 0.360 e. The van der Waals surface area contributed by atoms with Crippen LogP contribution in [0.15, 0.2) is 27.6 Å². The van der Waals surface area contributed by atoms with Crippen LogP contribution in [0.25, 0.3) is 0 Å². The Labute approximate surface area is 168 Å². The van der Waals surface area contributed by atoms with E-state index in [0.717, 1.165) is 6.07 Å². The molecule has 0 saturated heterocycles. The first kappa shape index (κ1) is 22.1. The monoisotopic (exact) mass is 419 g/mol. The van der Waals surface area contributed by atoms with Crippen molar-refractivity contribution in [3.8, 4) is 12.3 Å². The Balaban J connectivity index is 2.62. The maximum atomic E-state index is 13.1. The van der Waals surface area contributed by atoms with Crippen molar-refractivity contribution in [2.75, 3.05) is 6.54 Å². The van der Waals surface area contributed by atoms with Crippen LogP contribution in [0.4, 0.5) is 5.69 Å². The fraction of sp³-hybridized carbons (Fsp3) is 0.368. The molecule has 0 spiro atoms. The summed E-state index contributed by atoms with van der Waals surface area (Å²) in [6, 6.07) is 3.86. The second kappa shape index (κ2) is 7.67. The average Bonchev–Trinajstić information content (AvgIpc) is 2.96. The fourth-order valence-electron chi connectivity index (χ4n) is 2.90. The van der Waals surface area contributed by atoms with Crippen LogP contribution < -0.4 is 0 Å². The van der Waals surface area contributed by atoms with Gasteiger partial charge in [-0.1, -0.05) is 37.9 Å². The number of aromatic nitrogens is 1. The van der Waals surface area contributed by atoms with Crippen LogP contribution in [0.5, 0.6) is 0 Å². The summed E-state index contributed by atoms with van der Waals surface area (Å²) in [4.78, 5) is 23.7. The number of carbonyl (C=O) groups is 1. The van der Waals surface area contributed by atoms with E-state index in [4.69, 9.17) is 10.9 Å². The molecule has 0 aliphatic rings. The van der Waals surface area contributed by atoms with Crippen LogP contribution in [-0.4, -0.2) is 35.3 Å². The summed E-state index contributed by atoms with van der Waals surface area (Å²) >= 11 is 0. The molecule has 1 heterocycles. The van der Waals surface area contributed by atoms with E-state index in [1.807, 2.05) is 0 Å². The van der Waals surface area contributed by atoms with Crippen molar-refractivity contribution >= 4 is 21.6 Å². The van der Waals surface area contributed by atoms with E-state index in [2.05, 4.69) is 11.1 Å². The molecular weight excluding hydrogens is 398 g/mol. The van der Waals surface area contributed by atoms with Gasteiger partial charge in [0.25, 0.3) is 21.6 Å². The highest BCUT2D eigenvalue weighted by Crippen LogP contribution is 2.33. The molecular formula is C19H21N3O6S. The number of hydrogen-bond donors (Lipinski definition) is 0. The van der Waals surface area contributed by atoms with Crippen LogP contribution in [0.3, 0.4) is 0 Å². The van der Waals surface area contributed by atoms with Crippen LogP contribution in [0.1, 0.15) is 48.1 Å². The topological polar surface area (TPSA) is 124 Å². The van der Waals surface area contributed by atoms with Gasteiger partial charge in [0.1, 0.15) is 5.69 Å². The highest BCUT2D eigenvalue weighted by atomic mass is 32.2. The zero-order chi connectivity index (χ0) is 22.1. The van der Waals surface area contributed by atoms with Gasteiger partial charge in [-0.05, 0) is 25.3 Å². The number of terminal acetylenes is 1. The lowest BCUT2D eigenvalue weighted by Gasteiger charge is -2.22. The Hall–Kier alpha value is -3.19. The Kier molecular flexibility index (Phi) is 5.85. The first-order valence-electron chi connectivity index (χ1n) is 8.54. The van der Waals surface area contributed by atoms with Crippen LogP contribution in [0.2, 0.25) is 0 Å². The quantitative estimate of drug-likeness (QED) is 0.414. The first-order chi connectivity index (χ1) is 13.3. The van der Waals surface area contributed by atoms with Crippen molar-refractivity contribution in [2.45, 2.75) is 44.9 Å². The molecule has 0 bridgehead atoms. The number of benzene rings is 1. The summed E-state index contributed by atoms with van der Waals surface area (Å²) in [5.41, 5.74) is -0.512. The maximum Gasteiger partial charge on any atom is 0.273 e. The van der Waals surface area contributed by atoms with Gasteiger partial charge in [0.2, 0.25) is 0 Å². The molecule has 10 heteroatoms. The Morgan fingerprint density at radius 2 is 1.97 bits per heavy atom. The zero-order valence-corrected chi connectivity index (χ0v) is 17.5. The number of rotatable bonds is 5. The molecule has 0 aliphatic heterocycles. The molecule has 1 aromatic carbocycles. The summed E-state index contributed by atoms with van der Waals surface area (Å²) in [5.74, 6) is 1.17. The SMILES string of the molecule is C#CCN(C(=O)c1ccc(C(C)(C)C)c([N+](=O)[O-])c1)S(=O)(=O)c1c(C)noc1C. The van der Waals surface area contributed by atoms with Gasteiger partial charge in [-0.3, -0.25) is 14.9 Å². The number of carbonyl (C=O) groups excluding carboxylic acids is 1. The first-order valence-corrected chi connectivity index (χ1v) is 9.98. The summed E-state index contributed by atoms with van der Waals surface area (Å²) in [6.45, 7) is 7.65. The number of sulfonamides is 1. The third kappa shape index (κ3) is 4.14. The molecule has 29 heavy (non-hydrogen) atoms. The maximum absolute atomic E-state index is 13.1. The molecule has 0 N–H and O–H groups in total. The molecule has 1 aromatic heterocycles. The summed E-state index contributed by atoms with van der Waals surface area (Å²) in [5, 5.41) is 15.1. The van der Waals surface area contributed by atoms with Gasteiger partial charge >= 0.3 is 0 Å². The molecule has 0 saturated carbocycles. The molecule has 154 valence electrons.